The van der Waals surface area contributed by atoms with Crippen molar-refractivity contribution in [3.63, 3.8) is 0 Å². The molecule has 1 rings (SSSR count). The predicted octanol–water partition coefficient (Wildman–Crippen LogP) is 1.82. The molecule has 0 fully saturated rings. The summed E-state index contributed by atoms with van der Waals surface area (Å²) in [7, 11) is 3.55. The van der Waals surface area contributed by atoms with E-state index < -0.39 is 10.6 Å². The van der Waals surface area contributed by atoms with Crippen molar-refractivity contribution in [2.45, 2.75) is 6.61 Å². The van der Waals surface area contributed by atoms with Crippen molar-refractivity contribution in [1.29, 1.82) is 0 Å². The van der Waals surface area contributed by atoms with E-state index in [0.29, 0.717) is 5.69 Å². The number of carbonyl (C=O) groups excluding carboxylic acids is 1. The van der Waals surface area contributed by atoms with Crippen LogP contribution in [0.2, 0.25) is 0 Å². The fraction of sp³-hybridized carbons (Fsp3) is 0.333. The van der Waals surface area contributed by atoms with E-state index in [0.717, 1.165) is 0 Å². The summed E-state index contributed by atoms with van der Waals surface area (Å²) in [6.45, 7) is -0.130. The number of carbonyl (C=O) groups is 1. The maximum Gasteiger partial charge on any atom is 0.434 e. The van der Waals surface area contributed by atoms with E-state index in [1.807, 2.05) is 9.39 Å². The summed E-state index contributed by atoms with van der Waals surface area (Å²) in [5, 5.41) is 10.5. The first kappa shape index (κ1) is 13.6. The Morgan fingerprint density at radius 3 is 3.06 bits per heavy atom. The fourth-order valence-corrected chi connectivity index (χ4v) is 1.40. The lowest BCUT2D eigenvalue weighted by molar-refractivity contribution is -0.396. The van der Waals surface area contributed by atoms with E-state index in [1.54, 1.807) is 0 Å². The molecule has 0 bridgehead atoms. The van der Waals surface area contributed by atoms with E-state index in [-0.39, 0.29) is 20.9 Å². The number of nitro groups is 1. The molecule has 0 saturated heterocycles. The highest BCUT2D eigenvalue weighted by molar-refractivity contribution is 7.51. The Morgan fingerprint density at radius 1 is 1.82 bits per heavy atom. The molecule has 1 atom stereocenters. The number of hydrogen-bond donors (Lipinski definition) is 0. The highest BCUT2D eigenvalue weighted by atomic mass is 31.1. The molecule has 0 aromatic carbocycles. The quantitative estimate of drug-likeness (QED) is 0.351. The zero-order chi connectivity index (χ0) is 12.8. The number of imidazole rings is 1. The van der Waals surface area contributed by atoms with Crippen molar-refractivity contribution >= 4 is 29.4 Å². The molecule has 0 aliphatic rings. The normalized spacial score (nSPS) is 10.7. The molecular weight excluding hydrogens is 270 g/mol. The Hall–Kier alpha value is -1.43. The van der Waals surface area contributed by atoms with Crippen LogP contribution in [0, 0.1) is 10.1 Å². The zero-order valence-electron chi connectivity index (χ0n) is 8.64. The molecule has 0 aliphatic carbocycles. The molecule has 0 saturated carbocycles. The summed E-state index contributed by atoms with van der Waals surface area (Å²) < 4.78 is 4.66. The molecule has 1 aromatic rings. The Labute approximate surface area is 99.3 Å². The van der Waals surface area contributed by atoms with Gasteiger partial charge in [-0.05, 0) is 14.3 Å². The molecule has 9 nitrogen and oxygen atoms in total. The van der Waals surface area contributed by atoms with Gasteiger partial charge < -0.3 is 10.1 Å². The fourth-order valence-electron chi connectivity index (χ4n) is 0.942. The Balaban J connectivity index is 2.53. The van der Waals surface area contributed by atoms with Gasteiger partial charge in [-0.2, -0.15) is 4.89 Å². The van der Waals surface area contributed by atoms with Crippen molar-refractivity contribution in [1.82, 2.24) is 9.55 Å². The monoisotopic (exact) mass is 278 g/mol. The van der Waals surface area contributed by atoms with Crippen LogP contribution in [0.1, 0.15) is 5.69 Å². The maximum atomic E-state index is 10.8. The second-order valence-electron chi connectivity index (χ2n) is 2.69. The smallest absolute Gasteiger partial charge is 0.390 e. The van der Waals surface area contributed by atoms with E-state index in [4.69, 9.17) is 0 Å². The molecule has 0 radical (unpaired) electrons. The average molecular weight is 278 g/mol. The van der Waals surface area contributed by atoms with Crippen LogP contribution in [0.4, 0.5) is 10.7 Å². The van der Waals surface area contributed by atoms with Crippen LogP contribution in [0.5, 0.6) is 0 Å². The minimum Gasteiger partial charge on any atom is -0.390 e. The highest BCUT2D eigenvalue weighted by Crippen LogP contribution is 2.13. The lowest BCUT2D eigenvalue weighted by Crippen LogP contribution is -2.04. The number of rotatable bonds is 5. The maximum absolute atomic E-state index is 10.8. The van der Waals surface area contributed by atoms with Gasteiger partial charge in [0.05, 0.1) is 7.05 Å². The first-order chi connectivity index (χ1) is 8.06. The van der Waals surface area contributed by atoms with Gasteiger partial charge in [-0.1, -0.05) is 4.98 Å². The Bertz CT molecular complexity index is 459. The highest BCUT2D eigenvalue weighted by Gasteiger charge is 2.17. The topological polar surface area (TPSA) is 109 Å². The minimum absolute atomic E-state index is 0.0889. The Morgan fingerprint density at radius 2 is 2.53 bits per heavy atom. The second-order valence-corrected chi connectivity index (χ2v) is 4.18. The van der Waals surface area contributed by atoms with Crippen molar-refractivity contribution < 1.29 is 19.5 Å². The van der Waals surface area contributed by atoms with Crippen LogP contribution in [0.3, 0.4) is 0 Å². The Kier molecular flexibility index (Phi) is 5.09. The second kappa shape index (κ2) is 6.34. The minimum atomic E-state index is -0.684. The number of aromatic nitrogens is 2. The SMILES string of the molecule is Cn1c(COOC(=O)/P=N/P)cnc1[N+](=O)[O-]. The lowest BCUT2D eigenvalue weighted by Gasteiger charge is -1.99. The van der Waals surface area contributed by atoms with Crippen LogP contribution in [-0.2, 0) is 23.4 Å². The molecule has 1 aromatic heterocycles. The zero-order valence-corrected chi connectivity index (χ0v) is 10.7. The molecule has 0 N–H and O–H groups in total. The van der Waals surface area contributed by atoms with Crippen LogP contribution >= 0.6 is 17.8 Å². The standard InChI is InChI=1S/C6H8N4O5P2/c1-9-4(2-7-5(9)10(12)13)3-14-15-6(11)17-8-16/h2H,3,16H2,1H3. The molecule has 17 heavy (non-hydrogen) atoms. The molecular formula is C6H8N4O5P2. The first-order valence-corrected chi connectivity index (χ1v) is 5.52. The van der Waals surface area contributed by atoms with Crippen molar-refractivity contribution in [3.8, 4) is 0 Å². The van der Waals surface area contributed by atoms with Gasteiger partial charge in [-0.25, -0.2) is 13.9 Å². The summed E-state index contributed by atoms with van der Waals surface area (Å²) in [4.78, 5) is 33.2. The van der Waals surface area contributed by atoms with E-state index in [9.17, 15) is 14.9 Å². The molecule has 0 aliphatic heterocycles. The molecule has 1 heterocycles. The lowest BCUT2D eigenvalue weighted by atomic mass is 10.5. The number of nitrogens with zero attached hydrogens (tertiary/aromatic N) is 4. The van der Waals surface area contributed by atoms with Gasteiger partial charge in [0.15, 0.2) is 6.61 Å². The van der Waals surface area contributed by atoms with Crippen LogP contribution in [0.25, 0.3) is 0 Å². The van der Waals surface area contributed by atoms with Gasteiger partial charge in [-0.3, -0.25) is 4.89 Å². The number of hydrogen-bond acceptors (Lipinski definition) is 7. The molecule has 11 heteroatoms. The van der Waals surface area contributed by atoms with Crippen LogP contribution in [-0.4, -0.2) is 20.2 Å². The van der Waals surface area contributed by atoms with Gasteiger partial charge in [0.1, 0.15) is 20.3 Å². The van der Waals surface area contributed by atoms with Crippen LogP contribution < -0.4 is 0 Å². The van der Waals surface area contributed by atoms with Crippen LogP contribution in [0.15, 0.2) is 10.7 Å². The summed E-state index contributed by atoms with van der Waals surface area (Å²) in [6, 6.07) is 0. The third-order valence-electron chi connectivity index (χ3n) is 1.70. The van der Waals surface area contributed by atoms with E-state index in [1.165, 1.54) is 17.8 Å². The van der Waals surface area contributed by atoms with Gasteiger partial charge in [0.25, 0.3) is 0 Å². The summed E-state index contributed by atoms with van der Waals surface area (Å²) >= 11 is 0. The van der Waals surface area contributed by atoms with Crippen molar-refractivity contribution in [2.75, 3.05) is 0 Å². The van der Waals surface area contributed by atoms with Gasteiger partial charge in [-0.15, -0.1) is 0 Å². The first-order valence-electron chi connectivity index (χ1n) is 4.15. The molecule has 0 spiro atoms. The summed E-state index contributed by atoms with van der Waals surface area (Å²) in [5.74, 6) is -0.312. The third-order valence-corrected chi connectivity index (χ3v) is 2.40. The molecule has 1 unspecified atom stereocenters. The van der Waals surface area contributed by atoms with Crippen molar-refractivity contribution in [2.24, 2.45) is 11.6 Å². The van der Waals surface area contributed by atoms with E-state index in [2.05, 4.69) is 19.3 Å². The van der Waals surface area contributed by atoms with Gasteiger partial charge >= 0.3 is 11.7 Å². The van der Waals surface area contributed by atoms with Crippen molar-refractivity contribution in [3.05, 3.63) is 22.0 Å². The van der Waals surface area contributed by atoms with Gasteiger partial charge in [0, 0.05) is 0 Å². The molecule has 92 valence electrons. The predicted molar refractivity (Wildman–Crippen MR) is 60.2 cm³/mol. The summed E-state index contributed by atoms with van der Waals surface area (Å²) in [5.41, 5.74) is -0.277. The summed E-state index contributed by atoms with van der Waals surface area (Å²) in [6.07, 6.45) is 1.27. The molecule has 0 amide bonds. The third kappa shape index (κ3) is 3.81. The van der Waals surface area contributed by atoms with E-state index >= 15 is 0 Å². The average Bonchev–Trinajstić information content (AvgIpc) is 2.61. The largest absolute Gasteiger partial charge is 0.434 e. The van der Waals surface area contributed by atoms with Gasteiger partial charge in [0.2, 0.25) is 0 Å².